The average molecular weight is 222 g/mol. The summed E-state index contributed by atoms with van der Waals surface area (Å²) in [5.74, 6) is 0.141. The summed E-state index contributed by atoms with van der Waals surface area (Å²) < 4.78 is 0. The van der Waals surface area contributed by atoms with Crippen molar-refractivity contribution in [3.8, 4) is 6.07 Å². The molecule has 1 spiro atoms. The van der Waals surface area contributed by atoms with Crippen LogP contribution in [0.1, 0.15) is 32.1 Å². The Hall–Kier alpha value is -1.08. The largest absolute Gasteiger partial charge is 0.396 e. The third kappa shape index (κ3) is 1.80. The molecule has 88 valence electrons. The van der Waals surface area contributed by atoms with Gasteiger partial charge in [0.2, 0.25) is 5.91 Å². The number of amides is 1. The van der Waals surface area contributed by atoms with E-state index in [1.54, 1.807) is 4.90 Å². The second-order valence-corrected chi connectivity index (χ2v) is 5.06. The van der Waals surface area contributed by atoms with Crippen molar-refractivity contribution in [3.63, 3.8) is 0 Å². The maximum Gasteiger partial charge on any atom is 0.236 e. The van der Waals surface area contributed by atoms with E-state index in [1.165, 1.54) is 12.8 Å². The first-order valence-electron chi connectivity index (χ1n) is 5.97. The van der Waals surface area contributed by atoms with Gasteiger partial charge in [-0.15, -0.1) is 0 Å². The number of hydrogen-bond acceptors (Lipinski definition) is 3. The molecule has 1 aliphatic carbocycles. The van der Waals surface area contributed by atoms with Crippen molar-refractivity contribution in [1.29, 1.82) is 5.26 Å². The lowest BCUT2D eigenvalue weighted by Gasteiger charge is -2.28. The molecule has 16 heavy (non-hydrogen) atoms. The maximum atomic E-state index is 11.7. The Morgan fingerprint density at radius 1 is 1.50 bits per heavy atom. The summed E-state index contributed by atoms with van der Waals surface area (Å²) in [5, 5.41) is 17.9. The second-order valence-electron chi connectivity index (χ2n) is 5.06. The minimum Gasteiger partial charge on any atom is -0.396 e. The highest BCUT2D eigenvalue weighted by molar-refractivity contribution is 5.78. The lowest BCUT2D eigenvalue weighted by Crippen LogP contribution is -2.31. The van der Waals surface area contributed by atoms with Gasteiger partial charge in [0.15, 0.2) is 0 Å². The summed E-state index contributed by atoms with van der Waals surface area (Å²) in [6.45, 7) is 1.55. The zero-order chi connectivity index (χ0) is 11.6. The Kier molecular flexibility index (Phi) is 3.15. The fourth-order valence-electron chi connectivity index (χ4n) is 3.30. The van der Waals surface area contributed by atoms with E-state index in [0.29, 0.717) is 6.54 Å². The highest BCUT2D eigenvalue weighted by atomic mass is 16.3. The molecule has 2 rings (SSSR count). The van der Waals surface area contributed by atoms with Crippen molar-refractivity contribution in [1.82, 2.24) is 4.90 Å². The van der Waals surface area contributed by atoms with Crippen molar-refractivity contribution < 1.29 is 9.90 Å². The lowest BCUT2D eigenvalue weighted by atomic mass is 9.77. The van der Waals surface area contributed by atoms with E-state index < -0.39 is 0 Å². The van der Waals surface area contributed by atoms with Gasteiger partial charge in [-0.3, -0.25) is 4.79 Å². The molecule has 1 saturated carbocycles. The molecule has 1 amide bonds. The van der Waals surface area contributed by atoms with E-state index in [4.69, 9.17) is 5.26 Å². The maximum absolute atomic E-state index is 11.7. The van der Waals surface area contributed by atoms with Crippen LogP contribution < -0.4 is 0 Å². The quantitative estimate of drug-likeness (QED) is 0.755. The first-order chi connectivity index (χ1) is 7.72. The lowest BCUT2D eigenvalue weighted by molar-refractivity contribution is -0.129. The number of aliphatic hydroxyl groups excluding tert-OH is 1. The molecule has 1 aliphatic heterocycles. The molecule has 0 aromatic heterocycles. The molecule has 4 heteroatoms. The van der Waals surface area contributed by atoms with Gasteiger partial charge >= 0.3 is 0 Å². The summed E-state index contributed by atoms with van der Waals surface area (Å²) in [4.78, 5) is 13.4. The second kappa shape index (κ2) is 4.42. The summed E-state index contributed by atoms with van der Waals surface area (Å²) in [5.41, 5.74) is 0.153. The highest BCUT2D eigenvalue weighted by Crippen LogP contribution is 2.48. The van der Waals surface area contributed by atoms with Crippen LogP contribution in [0.25, 0.3) is 0 Å². The number of aliphatic hydroxyl groups is 1. The number of carbonyl (C=O) groups is 1. The van der Waals surface area contributed by atoms with Crippen LogP contribution in [0.4, 0.5) is 0 Å². The molecular weight excluding hydrogens is 204 g/mol. The monoisotopic (exact) mass is 222 g/mol. The molecule has 0 radical (unpaired) electrons. The molecule has 0 aromatic rings. The zero-order valence-electron chi connectivity index (χ0n) is 9.48. The SMILES string of the molecule is N#CCC(=O)N1C[C@H](CO)C2(CCCC2)C1. The van der Waals surface area contributed by atoms with Crippen molar-refractivity contribution >= 4 is 5.91 Å². The minimum absolute atomic E-state index is 0.0335. The molecular formula is C12H18N2O2. The van der Waals surface area contributed by atoms with Gasteiger partial charge in [-0.25, -0.2) is 0 Å². The molecule has 2 fully saturated rings. The summed E-state index contributed by atoms with van der Waals surface area (Å²) in [7, 11) is 0. The van der Waals surface area contributed by atoms with Crippen LogP contribution >= 0.6 is 0 Å². The van der Waals surface area contributed by atoms with E-state index in [2.05, 4.69) is 0 Å². The Balaban J connectivity index is 2.07. The third-order valence-corrected chi connectivity index (χ3v) is 4.22. The van der Waals surface area contributed by atoms with Crippen molar-refractivity contribution in [2.75, 3.05) is 19.7 Å². The molecule has 0 bridgehead atoms. The van der Waals surface area contributed by atoms with Crippen LogP contribution in [0.5, 0.6) is 0 Å². The molecule has 2 aliphatic rings. The number of likely N-dealkylation sites (tertiary alicyclic amines) is 1. The van der Waals surface area contributed by atoms with Crippen molar-refractivity contribution in [2.24, 2.45) is 11.3 Å². The van der Waals surface area contributed by atoms with Gasteiger partial charge in [0.05, 0.1) is 6.07 Å². The summed E-state index contributed by atoms with van der Waals surface area (Å²) >= 11 is 0. The van der Waals surface area contributed by atoms with Gasteiger partial charge in [-0.2, -0.15) is 5.26 Å². The average Bonchev–Trinajstić information content (AvgIpc) is 2.87. The number of nitrogens with zero attached hydrogens (tertiary/aromatic N) is 2. The van der Waals surface area contributed by atoms with Crippen LogP contribution in [0.2, 0.25) is 0 Å². The number of carbonyl (C=O) groups excluding carboxylic acids is 1. The van der Waals surface area contributed by atoms with E-state index in [9.17, 15) is 9.90 Å². The van der Waals surface area contributed by atoms with Crippen LogP contribution in [0.15, 0.2) is 0 Å². The van der Waals surface area contributed by atoms with Gasteiger partial charge in [0, 0.05) is 25.6 Å². The molecule has 1 N–H and O–H groups in total. The van der Waals surface area contributed by atoms with Gasteiger partial charge < -0.3 is 10.0 Å². The highest BCUT2D eigenvalue weighted by Gasteiger charge is 2.48. The van der Waals surface area contributed by atoms with Gasteiger partial charge in [0.25, 0.3) is 0 Å². The molecule has 1 atom stereocenters. The Morgan fingerprint density at radius 3 is 2.75 bits per heavy atom. The molecule has 0 unspecified atom stereocenters. The molecule has 4 nitrogen and oxygen atoms in total. The molecule has 1 heterocycles. The number of rotatable bonds is 2. The predicted molar refractivity (Wildman–Crippen MR) is 58.3 cm³/mol. The fourth-order valence-corrected chi connectivity index (χ4v) is 3.30. The molecule has 0 aromatic carbocycles. The summed E-state index contributed by atoms with van der Waals surface area (Å²) in [6.07, 6.45) is 4.62. The summed E-state index contributed by atoms with van der Waals surface area (Å²) in [6, 6.07) is 1.90. The van der Waals surface area contributed by atoms with Crippen molar-refractivity contribution in [2.45, 2.75) is 32.1 Å². The predicted octanol–water partition coefficient (Wildman–Crippen LogP) is 0.911. The Bertz CT molecular complexity index is 315. The van der Waals surface area contributed by atoms with Gasteiger partial charge in [-0.1, -0.05) is 12.8 Å². The first kappa shape index (κ1) is 11.4. The standard InChI is InChI=1S/C12H18N2O2/c13-6-3-11(16)14-7-10(8-15)12(9-14)4-1-2-5-12/h10,15H,1-5,7-9H2/t10-/m1/s1. The van der Waals surface area contributed by atoms with Crippen molar-refractivity contribution in [3.05, 3.63) is 0 Å². The normalized spacial score (nSPS) is 27.2. The van der Waals surface area contributed by atoms with E-state index in [1.807, 2.05) is 6.07 Å². The molecule has 1 saturated heterocycles. The topological polar surface area (TPSA) is 64.3 Å². The Morgan fingerprint density at radius 2 is 2.19 bits per heavy atom. The van der Waals surface area contributed by atoms with E-state index >= 15 is 0 Å². The van der Waals surface area contributed by atoms with Crippen LogP contribution in [0, 0.1) is 22.7 Å². The first-order valence-corrected chi connectivity index (χ1v) is 5.97. The third-order valence-electron chi connectivity index (χ3n) is 4.22. The van der Waals surface area contributed by atoms with Crippen LogP contribution in [-0.4, -0.2) is 35.6 Å². The Labute approximate surface area is 95.9 Å². The number of hydrogen-bond donors (Lipinski definition) is 1. The van der Waals surface area contributed by atoms with E-state index in [-0.39, 0.29) is 30.3 Å². The fraction of sp³-hybridized carbons (Fsp3) is 0.833. The van der Waals surface area contributed by atoms with Gasteiger partial charge in [0.1, 0.15) is 6.42 Å². The number of nitriles is 1. The van der Waals surface area contributed by atoms with E-state index in [0.717, 1.165) is 19.4 Å². The van der Waals surface area contributed by atoms with Crippen LogP contribution in [0.3, 0.4) is 0 Å². The zero-order valence-corrected chi connectivity index (χ0v) is 9.48. The smallest absolute Gasteiger partial charge is 0.236 e. The minimum atomic E-state index is -0.0790. The van der Waals surface area contributed by atoms with Crippen LogP contribution in [-0.2, 0) is 4.79 Å². The van der Waals surface area contributed by atoms with Gasteiger partial charge in [-0.05, 0) is 18.3 Å².